The average molecular weight is 213 g/mol. The van der Waals surface area contributed by atoms with Crippen molar-refractivity contribution in [1.82, 2.24) is 4.90 Å². The number of amides is 2. The molecular formula is C11H19NO3. The minimum absolute atomic E-state index is 0.0626. The molecule has 1 heterocycles. The van der Waals surface area contributed by atoms with Crippen molar-refractivity contribution < 1.29 is 14.3 Å². The summed E-state index contributed by atoms with van der Waals surface area (Å²) in [5.41, 5.74) is -0.553. The molecule has 1 aliphatic rings. The molecule has 0 aliphatic carbocycles. The van der Waals surface area contributed by atoms with E-state index in [-0.39, 0.29) is 17.9 Å². The van der Waals surface area contributed by atoms with Crippen molar-refractivity contribution in [1.29, 1.82) is 0 Å². The quantitative estimate of drug-likeness (QED) is 0.619. The SMILES string of the molecule is C[C@@H]1CC(=O)N(C(=O)OC(C)(C)C)[C@@H]1C. The molecule has 4 nitrogen and oxygen atoms in total. The fourth-order valence-corrected chi connectivity index (χ4v) is 1.61. The molecule has 0 saturated carbocycles. The largest absolute Gasteiger partial charge is 0.443 e. The number of carbonyl (C=O) groups is 2. The second-order valence-electron chi connectivity index (χ2n) is 5.17. The van der Waals surface area contributed by atoms with Crippen LogP contribution in [0.15, 0.2) is 0 Å². The molecule has 4 heteroatoms. The predicted molar refractivity (Wildman–Crippen MR) is 56.3 cm³/mol. The smallest absolute Gasteiger partial charge is 0.417 e. The molecule has 0 radical (unpaired) electrons. The van der Waals surface area contributed by atoms with Gasteiger partial charge in [0, 0.05) is 12.5 Å². The lowest BCUT2D eigenvalue weighted by molar-refractivity contribution is -0.127. The summed E-state index contributed by atoms with van der Waals surface area (Å²) in [6.07, 6.45) is -0.0928. The highest BCUT2D eigenvalue weighted by Crippen LogP contribution is 2.26. The normalized spacial score (nSPS) is 27.0. The number of hydrogen-bond acceptors (Lipinski definition) is 3. The topological polar surface area (TPSA) is 46.6 Å². The number of hydrogen-bond donors (Lipinski definition) is 0. The van der Waals surface area contributed by atoms with Crippen molar-refractivity contribution in [3.8, 4) is 0 Å². The van der Waals surface area contributed by atoms with Gasteiger partial charge in [0.25, 0.3) is 0 Å². The van der Waals surface area contributed by atoms with Gasteiger partial charge in [-0.15, -0.1) is 0 Å². The highest BCUT2D eigenvalue weighted by molar-refractivity contribution is 5.94. The van der Waals surface area contributed by atoms with Crippen LogP contribution in [0.2, 0.25) is 0 Å². The van der Waals surface area contributed by atoms with Gasteiger partial charge in [-0.05, 0) is 33.6 Å². The third-order valence-corrected chi connectivity index (χ3v) is 2.59. The van der Waals surface area contributed by atoms with Gasteiger partial charge in [0.15, 0.2) is 0 Å². The maximum atomic E-state index is 11.7. The monoisotopic (exact) mass is 213 g/mol. The molecule has 15 heavy (non-hydrogen) atoms. The fraction of sp³-hybridized carbons (Fsp3) is 0.818. The van der Waals surface area contributed by atoms with Gasteiger partial charge in [0.05, 0.1) is 0 Å². The molecule has 1 rings (SSSR count). The number of nitrogens with zero attached hydrogens (tertiary/aromatic N) is 1. The van der Waals surface area contributed by atoms with Gasteiger partial charge in [-0.2, -0.15) is 0 Å². The number of carbonyl (C=O) groups excluding carboxylic acids is 2. The molecule has 0 aromatic rings. The van der Waals surface area contributed by atoms with E-state index in [1.807, 2.05) is 13.8 Å². The Hall–Kier alpha value is -1.06. The van der Waals surface area contributed by atoms with Gasteiger partial charge in [-0.3, -0.25) is 4.79 Å². The molecule has 86 valence electrons. The molecule has 1 aliphatic heterocycles. The zero-order valence-electron chi connectivity index (χ0n) is 10.0. The maximum Gasteiger partial charge on any atom is 0.417 e. The Morgan fingerprint density at radius 2 is 1.93 bits per heavy atom. The van der Waals surface area contributed by atoms with Crippen molar-refractivity contribution in [2.45, 2.75) is 52.7 Å². The van der Waals surface area contributed by atoms with Gasteiger partial charge in [-0.25, -0.2) is 9.69 Å². The molecule has 1 fully saturated rings. The number of likely N-dealkylation sites (tertiary alicyclic amines) is 1. The van der Waals surface area contributed by atoms with Crippen LogP contribution in [0.25, 0.3) is 0 Å². The van der Waals surface area contributed by atoms with E-state index in [1.54, 1.807) is 20.8 Å². The third-order valence-electron chi connectivity index (χ3n) is 2.59. The van der Waals surface area contributed by atoms with Gasteiger partial charge in [0.1, 0.15) is 5.60 Å². The predicted octanol–water partition coefficient (Wildman–Crippen LogP) is 2.18. The van der Waals surface area contributed by atoms with E-state index >= 15 is 0 Å². The van der Waals surface area contributed by atoms with E-state index in [0.29, 0.717) is 6.42 Å². The standard InChI is InChI=1S/C11H19NO3/c1-7-6-9(13)12(8(7)2)10(14)15-11(3,4)5/h7-8H,6H2,1-5H3/t7-,8-/m1/s1. The van der Waals surface area contributed by atoms with E-state index < -0.39 is 11.7 Å². The zero-order chi connectivity index (χ0) is 11.8. The first-order valence-electron chi connectivity index (χ1n) is 5.27. The molecule has 0 spiro atoms. The van der Waals surface area contributed by atoms with Crippen LogP contribution in [0.1, 0.15) is 41.0 Å². The Labute approximate surface area is 90.6 Å². The Bertz CT molecular complexity index is 280. The van der Waals surface area contributed by atoms with Gasteiger partial charge in [0.2, 0.25) is 5.91 Å². The van der Waals surface area contributed by atoms with E-state index in [9.17, 15) is 9.59 Å². The first-order chi connectivity index (χ1) is 6.72. The Balaban J connectivity index is 2.72. The van der Waals surface area contributed by atoms with Gasteiger partial charge >= 0.3 is 6.09 Å². The van der Waals surface area contributed by atoms with Crippen molar-refractivity contribution in [2.24, 2.45) is 5.92 Å². The summed E-state index contributed by atoms with van der Waals surface area (Å²) < 4.78 is 5.18. The summed E-state index contributed by atoms with van der Waals surface area (Å²) in [7, 11) is 0. The summed E-state index contributed by atoms with van der Waals surface area (Å²) in [5.74, 6) is 0.0780. The molecule has 0 aromatic heterocycles. The molecule has 0 bridgehead atoms. The molecule has 2 atom stereocenters. The van der Waals surface area contributed by atoms with Crippen LogP contribution < -0.4 is 0 Å². The van der Waals surface area contributed by atoms with Crippen molar-refractivity contribution >= 4 is 12.0 Å². The number of rotatable bonds is 0. The maximum absolute atomic E-state index is 11.7. The Kier molecular flexibility index (Phi) is 3.07. The lowest BCUT2D eigenvalue weighted by Gasteiger charge is -2.26. The van der Waals surface area contributed by atoms with Crippen molar-refractivity contribution in [3.05, 3.63) is 0 Å². The molecule has 0 aromatic carbocycles. The average Bonchev–Trinajstić information content (AvgIpc) is 2.22. The highest BCUT2D eigenvalue weighted by Gasteiger charge is 2.40. The van der Waals surface area contributed by atoms with Crippen molar-refractivity contribution in [2.75, 3.05) is 0 Å². The zero-order valence-corrected chi connectivity index (χ0v) is 10.0. The van der Waals surface area contributed by atoms with Crippen LogP contribution in [0.5, 0.6) is 0 Å². The lowest BCUT2D eigenvalue weighted by atomic mass is 10.1. The van der Waals surface area contributed by atoms with E-state index in [0.717, 1.165) is 0 Å². The second kappa shape index (κ2) is 3.83. The summed E-state index contributed by atoms with van der Waals surface area (Å²) in [6, 6.07) is -0.0626. The van der Waals surface area contributed by atoms with Crippen LogP contribution in [0.4, 0.5) is 4.79 Å². The lowest BCUT2D eigenvalue weighted by Crippen LogP contribution is -2.41. The molecule has 0 N–H and O–H groups in total. The Morgan fingerprint density at radius 3 is 2.27 bits per heavy atom. The summed E-state index contributed by atoms with van der Waals surface area (Å²) in [5, 5.41) is 0. The van der Waals surface area contributed by atoms with E-state index in [1.165, 1.54) is 4.90 Å². The minimum Gasteiger partial charge on any atom is -0.443 e. The first-order valence-corrected chi connectivity index (χ1v) is 5.27. The minimum atomic E-state index is -0.553. The molecule has 1 saturated heterocycles. The highest BCUT2D eigenvalue weighted by atomic mass is 16.6. The molecule has 2 amide bonds. The van der Waals surface area contributed by atoms with Crippen LogP contribution in [-0.2, 0) is 9.53 Å². The van der Waals surface area contributed by atoms with E-state index in [2.05, 4.69) is 0 Å². The number of ether oxygens (including phenoxy) is 1. The fourth-order valence-electron chi connectivity index (χ4n) is 1.61. The van der Waals surface area contributed by atoms with Crippen molar-refractivity contribution in [3.63, 3.8) is 0 Å². The number of imide groups is 1. The Morgan fingerprint density at radius 1 is 1.40 bits per heavy atom. The van der Waals surface area contributed by atoms with Crippen LogP contribution in [-0.4, -0.2) is 28.5 Å². The van der Waals surface area contributed by atoms with Gasteiger partial charge < -0.3 is 4.74 Å². The first kappa shape index (κ1) is 12.0. The third kappa shape index (κ3) is 2.70. The molecule has 0 unspecified atom stereocenters. The van der Waals surface area contributed by atoms with Gasteiger partial charge in [-0.1, -0.05) is 6.92 Å². The van der Waals surface area contributed by atoms with E-state index in [4.69, 9.17) is 4.74 Å². The summed E-state index contributed by atoms with van der Waals surface area (Å²) in [6.45, 7) is 9.21. The van der Waals surface area contributed by atoms with Crippen LogP contribution in [0.3, 0.4) is 0 Å². The molecular weight excluding hydrogens is 194 g/mol. The second-order valence-corrected chi connectivity index (χ2v) is 5.17. The van der Waals surface area contributed by atoms with Crippen LogP contribution in [0, 0.1) is 5.92 Å². The summed E-state index contributed by atoms with van der Waals surface area (Å²) in [4.78, 5) is 24.5. The summed E-state index contributed by atoms with van der Waals surface area (Å²) >= 11 is 0. The van der Waals surface area contributed by atoms with Crippen LogP contribution >= 0.6 is 0 Å².